The van der Waals surface area contributed by atoms with Crippen LogP contribution in [0.15, 0.2) is 11.4 Å². The van der Waals surface area contributed by atoms with Gasteiger partial charge in [0.05, 0.1) is 6.61 Å². The number of ether oxygens (including phenoxy) is 1. The monoisotopic (exact) mass is 140 g/mol. The molecule has 2 heterocycles. The zero-order valence-corrected chi connectivity index (χ0v) is 6.07. The second kappa shape index (κ2) is 1.82. The third-order valence-electron chi connectivity index (χ3n) is 1.40. The normalized spacial score (nSPS) is 24.3. The van der Waals surface area contributed by atoms with Crippen molar-refractivity contribution < 1.29 is 4.74 Å². The maximum atomic E-state index is 5.12. The second-order valence-corrected chi connectivity index (χ2v) is 3.29. The number of hydrogen-bond donors (Lipinski definition) is 0. The lowest BCUT2D eigenvalue weighted by atomic mass is 10.3. The molecule has 2 rings (SSSR count). The molecule has 0 radical (unpaired) electrons. The largest absolute Gasteiger partial charge is 0.367 e. The molecule has 1 aliphatic rings. The summed E-state index contributed by atoms with van der Waals surface area (Å²) < 4.78 is 5.12. The topological polar surface area (TPSA) is 12.5 Å². The minimum absolute atomic E-state index is 0.448. The Kier molecular flexibility index (Phi) is 1.10. The van der Waals surface area contributed by atoms with Gasteiger partial charge in [-0.3, -0.25) is 0 Å². The average Bonchev–Trinajstić information content (AvgIpc) is 2.58. The maximum Gasteiger partial charge on any atom is 0.115 e. The summed E-state index contributed by atoms with van der Waals surface area (Å²) in [5, 5.41) is 2.16. The molecule has 0 spiro atoms. The Morgan fingerprint density at radius 2 is 2.56 bits per heavy atom. The van der Waals surface area contributed by atoms with E-state index in [1.54, 1.807) is 11.3 Å². The van der Waals surface area contributed by atoms with Gasteiger partial charge in [-0.05, 0) is 23.9 Å². The molecule has 0 saturated carbocycles. The van der Waals surface area contributed by atoms with Crippen LogP contribution in [-0.2, 0) is 4.74 Å². The molecular formula is C7H8OS. The van der Waals surface area contributed by atoms with Gasteiger partial charge in [0.1, 0.15) is 6.10 Å². The first-order chi connectivity index (χ1) is 4.36. The molecule has 48 valence electrons. The smallest absolute Gasteiger partial charge is 0.115 e. The van der Waals surface area contributed by atoms with Crippen LogP contribution in [0.1, 0.15) is 16.5 Å². The van der Waals surface area contributed by atoms with Gasteiger partial charge in [-0.25, -0.2) is 0 Å². The van der Waals surface area contributed by atoms with Crippen molar-refractivity contribution in [2.24, 2.45) is 0 Å². The van der Waals surface area contributed by atoms with E-state index in [9.17, 15) is 0 Å². The Hall–Kier alpha value is -0.340. The zero-order valence-electron chi connectivity index (χ0n) is 5.26. The highest BCUT2D eigenvalue weighted by Gasteiger charge is 2.25. The van der Waals surface area contributed by atoms with Crippen LogP contribution in [-0.4, -0.2) is 6.61 Å². The van der Waals surface area contributed by atoms with Crippen LogP contribution < -0.4 is 0 Å². The third kappa shape index (κ3) is 1.00. The molecule has 0 aromatic carbocycles. The van der Waals surface area contributed by atoms with Crippen LogP contribution in [0, 0.1) is 6.92 Å². The number of thiophene rings is 1. The lowest BCUT2D eigenvalue weighted by Gasteiger charge is -1.80. The molecule has 1 aromatic heterocycles. The van der Waals surface area contributed by atoms with Crippen molar-refractivity contribution in [2.45, 2.75) is 13.0 Å². The van der Waals surface area contributed by atoms with E-state index in [2.05, 4.69) is 18.4 Å². The number of aryl methyl sites for hydroxylation is 1. The Balaban J connectivity index is 2.28. The van der Waals surface area contributed by atoms with Gasteiger partial charge in [0, 0.05) is 4.88 Å². The minimum atomic E-state index is 0.448. The molecule has 2 heteroatoms. The highest BCUT2D eigenvalue weighted by molar-refractivity contribution is 7.10. The fourth-order valence-electron chi connectivity index (χ4n) is 0.835. The first-order valence-electron chi connectivity index (χ1n) is 3.03. The average molecular weight is 140 g/mol. The van der Waals surface area contributed by atoms with Gasteiger partial charge < -0.3 is 4.74 Å². The van der Waals surface area contributed by atoms with Gasteiger partial charge in [0.25, 0.3) is 0 Å². The van der Waals surface area contributed by atoms with E-state index in [1.165, 1.54) is 10.4 Å². The van der Waals surface area contributed by atoms with Crippen LogP contribution in [0.2, 0.25) is 0 Å². The number of rotatable bonds is 1. The van der Waals surface area contributed by atoms with Crippen molar-refractivity contribution in [3.05, 3.63) is 21.9 Å². The molecule has 1 aliphatic heterocycles. The van der Waals surface area contributed by atoms with Gasteiger partial charge >= 0.3 is 0 Å². The van der Waals surface area contributed by atoms with Gasteiger partial charge in [0.2, 0.25) is 0 Å². The molecule has 0 amide bonds. The molecule has 1 fully saturated rings. The van der Waals surface area contributed by atoms with E-state index in [1.807, 2.05) is 0 Å². The molecule has 1 saturated heterocycles. The predicted molar refractivity (Wildman–Crippen MR) is 37.7 cm³/mol. The van der Waals surface area contributed by atoms with Gasteiger partial charge in [-0.2, -0.15) is 0 Å². The first kappa shape index (κ1) is 5.45. The van der Waals surface area contributed by atoms with Crippen molar-refractivity contribution in [3.63, 3.8) is 0 Å². The van der Waals surface area contributed by atoms with Crippen molar-refractivity contribution >= 4 is 11.3 Å². The van der Waals surface area contributed by atoms with E-state index >= 15 is 0 Å². The molecule has 0 aliphatic carbocycles. The van der Waals surface area contributed by atoms with E-state index in [0.29, 0.717) is 6.10 Å². The van der Waals surface area contributed by atoms with Gasteiger partial charge in [-0.1, -0.05) is 0 Å². The summed E-state index contributed by atoms with van der Waals surface area (Å²) in [4.78, 5) is 1.38. The molecule has 1 atom stereocenters. The number of hydrogen-bond acceptors (Lipinski definition) is 2. The lowest BCUT2D eigenvalue weighted by molar-refractivity contribution is 0.418. The molecule has 9 heavy (non-hydrogen) atoms. The fourth-order valence-corrected chi connectivity index (χ4v) is 1.77. The molecular weight excluding hydrogens is 132 g/mol. The summed E-state index contributed by atoms with van der Waals surface area (Å²) in [7, 11) is 0. The van der Waals surface area contributed by atoms with Gasteiger partial charge in [-0.15, -0.1) is 11.3 Å². The highest BCUT2D eigenvalue weighted by atomic mass is 32.1. The highest BCUT2D eigenvalue weighted by Crippen LogP contribution is 2.33. The van der Waals surface area contributed by atoms with Crippen molar-refractivity contribution in [1.29, 1.82) is 0 Å². The lowest BCUT2D eigenvalue weighted by Crippen LogP contribution is -1.67. The Morgan fingerprint density at radius 3 is 3.00 bits per heavy atom. The summed E-state index contributed by atoms with van der Waals surface area (Å²) in [6.07, 6.45) is 0.448. The Bertz CT molecular complexity index is 212. The van der Waals surface area contributed by atoms with E-state index in [-0.39, 0.29) is 0 Å². The minimum Gasteiger partial charge on any atom is -0.367 e. The fraction of sp³-hybridized carbons (Fsp3) is 0.429. The van der Waals surface area contributed by atoms with E-state index < -0.39 is 0 Å². The SMILES string of the molecule is Cc1csc([C@@H]2CO2)c1. The summed E-state index contributed by atoms with van der Waals surface area (Å²) in [5.41, 5.74) is 1.35. The molecule has 0 N–H and O–H groups in total. The maximum absolute atomic E-state index is 5.12. The van der Waals surface area contributed by atoms with Crippen LogP contribution in [0.3, 0.4) is 0 Å². The zero-order chi connectivity index (χ0) is 6.27. The molecule has 0 unspecified atom stereocenters. The standard InChI is InChI=1S/C7H8OS/c1-5-2-7(9-4-5)6-3-8-6/h2,4,6H,3H2,1H3/t6-/m0/s1. The number of epoxide rings is 1. The Labute approximate surface area is 58.3 Å². The summed E-state index contributed by atoms with van der Waals surface area (Å²) in [6, 6.07) is 2.20. The first-order valence-corrected chi connectivity index (χ1v) is 3.91. The van der Waals surface area contributed by atoms with Crippen molar-refractivity contribution in [2.75, 3.05) is 6.61 Å². The van der Waals surface area contributed by atoms with Crippen LogP contribution in [0.4, 0.5) is 0 Å². The predicted octanol–water partition coefficient (Wildman–Crippen LogP) is 2.13. The summed E-state index contributed by atoms with van der Waals surface area (Å²) in [6.45, 7) is 3.04. The Morgan fingerprint density at radius 1 is 1.78 bits per heavy atom. The third-order valence-corrected chi connectivity index (χ3v) is 2.54. The molecule has 0 bridgehead atoms. The molecule has 1 aromatic rings. The van der Waals surface area contributed by atoms with Crippen molar-refractivity contribution in [3.8, 4) is 0 Å². The quantitative estimate of drug-likeness (QED) is 0.544. The van der Waals surface area contributed by atoms with E-state index in [0.717, 1.165) is 6.61 Å². The van der Waals surface area contributed by atoms with Crippen molar-refractivity contribution in [1.82, 2.24) is 0 Å². The van der Waals surface area contributed by atoms with Gasteiger partial charge in [0.15, 0.2) is 0 Å². The summed E-state index contributed by atoms with van der Waals surface area (Å²) in [5.74, 6) is 0. The van der Waals surface area contributed by atoms with Crippen LogP contribution in [0.25, 0.3) is 0 Å². The van der Waals surface area contributed by atoms with Crippen LogP contribution >= 0.6 is 11.3 Å². The van der Waals surface area contributed by atoms with E-state index in [4.69, 9.17) is 4.74 Å². The molecule has 1 nitrogen and oxygen atoms in total. The van der Waals surface area contributed by atoms with Crippen LogP contribution in [0.5, 0.6) is 0 Å². The second-order valence-electron chi connectivity index (χ2n) is 2.35. The summed E-state index contributed by atoms with van der Waals surface area (Å²) >= 11 is 1.80.